The zero-order chi connectivity index (χ0) is 23.3. The van der Waals surface area contributed by atoms with Gasteiger partial charge >= 0.3 is 0 Å². The maximum absolute atomic E-state index is 13.9. The average Bonchev–Trinajstić information content (AvgIpc) is 3.27. The minimum Gasteiger partial charge on any atom is -0.453 e. The van der Waals surface area contributed by atoms with E-state index in [1.165, 1.54) is 0 Å². The lowest BCUT2D eigenvalue weighted by Crippen LogP contribution is -2.43. The van der Waals surface area contributed by atoms with Gasteiger partial charge in [-0.05, 0) is 36.5 Å². The summed E-state index contributed by atoms with van der Waals surface area (Å²) in [5.74, 6) is 0.515. The fourth-order valence-corrected chi connectivity index (χ4v) is 4.95. The molecule has 3 N–H and O–H groups in total. The lowest BCUT2D eigenvalue weighted by atomic mass is 9.72. The smallest absolute Gasteiger partial charge is 0.201 e. The van der Waals surface area contributed by atoms with Crippen LogP contribution in [0.15, 0.2) is 82.1 Å². The molecule has 1 fully saturated rings. The summed E-state index contributed by atoms with van der Waals surface area (Å²) in [5, 5.41) is 15.2. The summed E-state index contributed by atoms with van der Waals surface area (Å²) in [7, 11) is 0. The SMILES string of the molecule is NC1(c2ccc(-c3c(-c4ccccc4)oc4c(ccc5cnn(CCO)c54)c3=O)cc2)CCC1. The molecule has 0 atom stereocenters. The second-order valence-electron chi connectivity index (χ2n) is 9.06. The van der Waals surface area contributed by atoms with E-state index in [4.69, 9.17) is 10.2 Å². The second kappa shape index (κ2) is 7.94. The molecular formula is C28H25N3O3. The summed E-state index contributed by atoms with van der Waals surface area (Å²) in [4.78, 5) is 13.9. The number of nitrogens with zero attached hydrogens (tertiary/aromatic N) is 2. The highest BCUT2D eigenvalue weighted by atomic mass is 16.3. The zero-order valence-corrected chi connectivity index (χ0v) is 18.7. The van der Waals surface area contributed by atoms with Gasteiger partial charge in [-0.15, -0.1) is 0 Å². The molecule has 0 spiro atoms. The molecule has 5 aromatic rings. The summed E-state index contributed by atoms with van der Waals surface area (Å²) in [6, 6.07) is 21.4. The van der Waals surface area contributed by atoms with Gasteiger partial charge in [-0.3, -0.25) is 9.48 Å². The van der Waals surface area contributed by atoms with Crippen LogP contribution < -0.4 is 11.2 Å². The summed E-state index contributed by atoms with van der Waals surface area (Å²) in [5.41, 5.74) is 10.6. The topological polar surface area (TPSA) is 94.3 Å². The van der Waals surface area contributed by atoms with Crippen LogP contribution in [0.25, 0.3) is 44.3 Å². The van der Waals surface area contributed by atoms with Crippen molar-refractivity contribution in [1.29, 1.82) is 0 Å². The van der Waals surface area contributed by atoms with Crippen molar-refractivity contribution >= 4 is 21.9 Å². The maximum Gasteiger partial charge on any atom is 0.201 e. The predicted molar refractivity (Wildman–Crippen MR) is 133 cm³/mol. The molecule has 0 aliphatic heterocycles. The molecule has 0 amide bonds. The largest absolute Gasteiger partial charge is 0.453 e. The van der Waals surface area contributed by atoms with Crippen molar-refractivity contribution < 1.29 is 9.52 Å². The van der Waals surface area contributed by atoms with Crippen LogP contribution in [0, 0.1) is 0 Å². The minimum atomic E-state index is -0.258. The molecule has 6 nitrogen and oxygen atoms in total. The Morgan fingerprint density at radius 3 is 2.44 bits per heavy atom. The lowest BCUT2D eigenvalue weighted by Gasteiger charge is -2.38. The Morgan fingerprint density at radius 2 is 1.76 bits per heavy atom. The number of fused-ring (bicyclic) bond motifs is 3. The fourth-order valence-electron chi connectivity index (χ4n) is 4.95. The van der Waals surface area contributed by atoms with Gasteiger partial charge in [0.2, 0.25) is 5.43 Å². The van der Waals surface area contributed by atoms with Gasteiger partial charge in [0.05, 0.1) is 30.3 Å². The van der Waals surface area contributed by atoms with Crippen molar-refractivity contribution in [3.8, 4) is 22.5 Å². The van der Waals surface area contributed by atoms with Crippen LogP contribution in [0.2, 0.25) is 0 Å². The number of hydrogen-bond acceptors (Lipinski definition) is 5. The third-order valence-electron chi connectivity index (χ3n) is 7.00. The molecule has 34 heavy (non-hydrogen) atoms. The first-order valence-corrected chi connectivity index (χ1v) is 11.6. The van der Waals surface area contributed by atoms with Crippen LogP contribution in [0.1, 0.15) is 24.8 Å². The van der Waals surface area contributed by atoms with E-state index >= 15 is 0 Å². The first-order valence-electron chi connectivity index (χ1n) is 11.6. The van der Waals surface area contributed by atoms with Crippen molar-refractivity contribution in [3.63, 3.8) is 0 Å². The number of nitrogens with two attached hydrogens (primary N) is 1. The maximum atomic E-state index is 13.9. The molecule has 6 heteroatoms. The third-order valence-corrected chi connectivity index (χ3v) is 7.00. The highest BCUT2D eigenvalue weighted by Gasteiger charge is 2.34. The van der Waals surface area contributed by atoms with Crippen LogP contribution in [-0.4, -0.2) is 21.5 Å². The molecule has 2 aromatic heterocycles. The minimum absolute atomic E-state index is 0.0595. The van der Waals surface area contributed by atoms with Gasteiger partial charge in [0.15, 0.2) is 5.58 Å². The van der Waals surface area contributed by atoms with Crippen LogP contribution in [0.5, 0.6) is 0 Å². The molecule has 0 bridgehead atoms. The number of aliphatic hydroxyl groups is 1. The van der Waals surface area contributed by atoms with Crippen molar-refractivity contribution in [2.24, 2.45) is 5.73 Å². The van der Waals surface area contributed by atoms with Gasteiger partial charge in [0.25, 0.3) is 0 Å². The fraction of sp³-hybridized carbons (Fsp3) is 0.214. The van der Waals surface area contributed by atoms with Crippen molar-refractivity contribution in [1.82, 2.24) is 9.78 Å². The monoisotopic (exact) mass is 451 g/mol. The summed E-state index contributed by atoms with van der Waals surface area (Å²) < 4.78 is 8.22. The Morgan fingerprint density at radius 1 is 1.00 bits per heavy atom. The number of aliphatic hydroxyl groups excluding tert-OH is 1. The Kier molecular flexibility index (Phi) is 4.86. The van der Waals surface area contributed by atoms with Gasteiger partial charge in [-0.25, -0.2) is 0 Å². The molecule has 170 valence electrons. The van der Waals surface area contributed by atoms with E-state index < -0.39 is 0 Å². The second-order valence-corrected chi connectivity index (χ2v) is 9.06. The molecule has 3 aromatic carbocycles. The standard InChI is InChI=1S/C28H25N3O3/c29-28(13-4-14-28)21-10-7-18(8-11-21)23-25(33)22-12-9-20-17-30-31(15-16-32)24(20)27(22)34-26(23)19-5-2-1-3-6-19/h1-3,5-12,17,32H,4,13-16,29H2. The number of rotatable bonds is 5. The van der Waals surface area contributed by atoms with E-state index in [0.717, 1.165) is 41.3 Å². The van der Waals surface area contributed by atoms with Crippen LogP contribution in [-0.2, 0) is 12.1 Å². The van der Waals surface area contributed by atoms with Crippen molar-refractivity contribution in [3.05, 3.63) is 88.7 Å². The number of aromatic nitrogens is 2. The molecule has 0 unspecified atom stereocenters. The Bertz CT molecular complexity index is 1560. The average molecular weight is 452 g/mol. The Balaban J connectivity index is 1.63. The quantitative estimate of drug-likeness (QED) is 0.400. The van der Waals surface area contributed by atoms with Crippen LogP contribution in [0.4, 0.5) is 0 Å². The molecule has 0 radical (unpaired) electrons. The van der Waals surface area contributed by atoms with Crippen molar-refractivity contribution in [2.75, 3.05) is 6.61 Å². The van der Waals surface area contributed by atoms with Gasteiger partial charge in [0, 0.05) is 16.5 Å². The van der Waals surface area contributed by atoms with Crippen LogP contribution >= 0.6 is 0 Å². The highest BCUT2D eigenvalue weighted by molar-refractivity contribution is 6.04. The summed E-state index contributed by atoms with van der Waals surface area (Å²) in [6.07, 6.45) is 4.84. The molecule has 6 rings (SSSR count). The lowest BCUT2D eigenvalue weighted by molar-refractivity contribution is 0.253. The molecular weight excluding hydrogens is 426 g/mol. The van der Waals surface area contributed by atoms with Crippen LogP contribution in [0.3, 0.4) is 0 Å². The normalized spacial score (nSPS) is 15.0. The molecule has 1 aliphatic rings. The predicted octanol–water partition coefficient (Wildman–Crippen LogP) is 4.81. The summed E-state index contributed by atoms with van der Waals surface area (Å²) >= 11 is 0. The van der Waals surface area contributed by atoms with E-state index in [9.17, 15) is 9.90 Å². The van der Waals surface area contributed by atoms with Gasteiger partial charge < -0.3 is 15.3 Å². The Labute approximate surface area is 196 Å². The Hall–Kier alpha value is -3.74. The van der Waals surface area contributed by atoms with E-state index in [1.54, 1.807) is 16.9 Å². The molecule has 0 saturated heterocycles. The summed E-state index contributed by atoms with van der Waals surface area (Å²) in [6.45, 7) is 0.257. The van der Waals surface area contributed by atoms with E-state index in [0.29, 0.717) is 34.4 Å². The zero-order valence-electron chi connectivity index (χ0n) is 18.7. The number of benzene rings is 3. The molecule has 1 saturated carbocycles. The third kappa shape index (κ3) is 3.18. The number of hydrogen-bond donors (Lipinski definition) is 2. The van der Waals surface area contributed by atoms with Gasteiger partial charge in [0.1, 0.15) is 11.3 Å². The highest BCUT2D eigenvalue weighted by Crippen LogP contribution is 2.40. The van der Waals surface area contributed by atoms with Gasteiger partial charge in [-0.2, -0.15) is 5.10 Å². The van der Waals surface area contributed by atoms with E-state index in [1.807, 2.05) is 60.7 Å². The first-order chi connectivity index (χ1) is 16.6. The van der Waals surface area contributed by atoms with Crippen molar-refractivity contribution in [2.45, 2.75) is 31.3 Å². The van der Waals surface area contributed by atoms with E-state index in [2.05, 4.69) is 5.10 Å². The first kappa shape index (κ1) is 20.8. The van der Waals surface area contributed by atoms with Gasteiger partial charge in [-0.1, -0.05) is 60.7 Å². The molecule has 2 heterocycles. The van der Waals surface area contributed by atoms with E-state index in [-0.39, 0.29) is 17.6 Å². The molecule has 1 aliphatic carbocycles.